The molecule has 1 heterocycles. The molecule has 296 valence electrons. The maximum absolute atomic E-state index is 5.28. The van der Waals surface area contributed by atoms with Crippen LogP contribution >= 0.6 is 0 Å². The molecule has 1 aliphatic rings. The van der Waals surface area contributed by atoms with Crippen LogP contribution in [0.4, 0.5) is 0 Å². The van der Waals surface area contributed by atoms with E-state index in [1.165, 1.54) is 70.9 Å². The number of nitrogens with zero attached hydrogens (tertiary/aromatic N) is 3. The zero-order valence-corrected chi connectivity index (χ0v) is 35.0. The lowest BCUT2D eigenvalue weighted by atomic mass is 9.81. The minimum Gasteiger partial charge on any atom is -0.208 e. The predicted octanol–water partition coefficient (Wildman–Crippen LogP) is 15.7. The van der Waals surface area contributed by atoms with Crippen LogP contribution in [-0.4, -0.2) is 15.0 Å². The molecule has 63 heavy (non-hydrogen) atoms. The third kappa shape index (κ3) is 6.07. The number of rotatable bonds is 4. The quantitative estimate of drug-likeness (QED) is 0.178. The molecule has 10 aromatic carbocycles. The highest BCUT2D eigenvalue weighted by Crippen LogP contribution is 2.51. The maximum Gasteiger partial charge on any atom is 0.164 e. The van der Waals surface area contributed by atoms with Gasteiger partial charge in [0.1, 0.15) is 0 Å². The highest BCUT2D eigenvalue weighted by molar-refractivity contribution is 6.27. The Morgan fingerprint density at radius 1 is 0.254 bits per heavy atom. The second-order valence-electron chi connectivity index (χ2n) is 17.1. The smallest absolute Gasteiger partial charge is 0.164 e. The van der Waals surface area contributed by atoms with Gasteiger partial charge in [0.15, 0.2) is 17.5 Å². The third-order valence-corrected chi connectivity index (χ3v) is 13.1. The molecule has 0 unspecified atom stereocenters. The first-order valence-corrected chi connectivity index (χ1v) is 21.7. The van der Waals surface area contributed by atoms with Crippen LogP contribution in [0.5, 0.6) is 0 Å². The van der Waals surface area contributed by atoms with Crippen molar-refractivity contribution in [3.63, 3.8) is 0 Å². The molecule has 0 atom stereocenters. The van der Waals surface area contributed by atoms with Gasteiger partial charge in [-0.2, -0.15) is 0 Å². The first kappa shape index (κ1) is 36.8. The predicted molar refractivity (Wildman–Crippen MR) is 264 cm³/mol. The molecular weight excluding hydrogens is 763 g/mol. The first-order valence-electron chi connectivity index (χ1n) is 21.7. The highest BCUT2D eigenvalue weighted by Gasteiger charge is 2.35. The van der Waals surface area contributed by atoms with Crippen molar-refractivity contribution in [3.05, 3.63) is 223 Å². The fourth-order valence-electron chi connectivity index (χ4n) is 9.99. The third-order valence-electron chi connectivity index (χ3n) is 13.1. The summed E-state index contributed by atoms with van der Waals surface area (Å²) in [6.45, 7) is 4.73. The van der Waals surface area contributed by atoms with Crippen LogP contribution < -0.4 is 0 Å². The SMILES string of the molecule is CC1(C)c2ccccc2-c2cc3c4cc(-c5nc(-c6ccccc6)nc(-c6ccc(-c7ccccc7)cc6)n5)ccc4c4ccccc4c4ccccc4c4ccccc4c3cc21. The summed E-state index contributed by atoms with van der Waals surface area (Å²) in [5.41, 5.74) is 10.2. The maximum atomic E-state index is 5.28. The summed E-state index contributed by atoms with van der Waals surface area (Å²) in [7, 11) is 0. The van der Waals surface area contributed by atoms with Gasteiger partial charge in [0.2, 0.25) is 0 Å². The summed E-state index contributed by atoms with van der Waals surface area (Å²) < 4.78 is 0. The standard InChI is InChI=1S/C60H41N3/c1-60(2)55-28-16-15-27-50(55)54-36-52-51-35-42(59-62-57(40-19-7-4-8-20-40)61-58(63-59)41-31-29-39(30-32-41)38-17-5-3-6-18-38)33-34-49(51)47-25-12-11-23-45(47)43-21-9-10-22-44(43)46-24-13-14-26-48(46)53(52)37-56(54)60/h3-37H,1-2H3. The highest BCUT2D eigenvalue weighted by atomic mass is 15.0. The molecular formula is C60H41N3. The first-order chi connectivity index (χ1) is 31.0. The summed E-state index contributed by atoms with van der Waals surface area (Å²) in [5, 5.41) is 11.9. The van der Waals surface area contributed by atoms with E-state index in [4.69, 9.17) is 15.0 Å². The van der Waals surface area contributed by atoms with Crippen LogP contribution in [0.15, 0.2) is 212 Å². The summed E-state index contributed by atoms with van der Waals surface area (Å²) in [6.07, 6.45) is 0. The van der Waals surface area contributed by atoms with Crippen LogP contribution in [0.1, 0.15) is 25.0 Å². The molecule has 0 N–H and O–H groups in total. The van der Waals surface area contributed by atoms with Crippen LogP contribution in [0.3, 0.4) is 0 Å². The van der Waals surface area contributed by atoms with Crippen LogP contribution in [0.2, 0.25) is 0 Å². The second kappa shape index (κ2) is 14.6. The Morgan fingerprint density at radius 3 is 1.19 bits per heavy atom. The van der Waals surface area contributed by atoms with Crippen LogP contribution in [0.25, 0.3) is 110 Å². The summed E-state index contributed by atoms with van der Waals surface area (Å²) >= 11 is 0. The van der Waals surface area contributed by atoms with Crippen molar-refractivity contribution in [3.8, 4) is 56.4 Å². The van der Waals surface area contributed by atoms with E-state index in [-0.39, 0.29) is 5.41 Å². The number of benzene rings is 9. The average molecular weight is 804 g/mol. The minimum atomic E-state index is -0.172. The zero-order chi connectivity index (χ0) is 42.1. The van der Waals surface area contributed by atoms with Crippen LogP contribution in [-0.2, 0) is 5.41 Å². The Hall–Kier alpha value is -8.01. The molecule has 0 amide bonds. The van der Waals surface area contributed by atoms with Gasteiger partial charge in [0, 0.05) is 22.1 Å². The molecule has 1 aromatic heterocycles. The Bertz CT molecular complexity index is 3690. The number of aromatic nitrogens is 3. The summed E-state index contributed by atoms with van der Waals surface area (Å²) in [5.74, 6) is 1.89. The molecule has 0 saturated carbocycles. The van der Waals surface area contributed by atoms with E-state index < -0.39 is 0 Å². The summed E-state index contributed by atoms with van der Waals surface area (Å²) in [4.78, 5) is 15.6. The van der Waals surface area contributed by atoms with Crippen molar-refractivity contribution in [2.24, 2.45) is 0 Å². The molecule has 0 fully saturated rings. The molecule has 12 rings (SSSR count). The molecule has 0 aliphatic heterocycles. The topological polar surface area (TPSA) is 38.7 Å². The van der Waals surface area contributed by atoms with Gasteiger partial charge in [0.05, 0.1) is 0 Å². The van der Waals surface area contributed by atoms with E-state index in [9.17, 15) is 0 Å². The van der Waals surface area contributed by atoms with Crippen molar-refractivity contribution in [1.82, 2.24) is 15.0 Å². The summed E-state index contributed by atoms with van der Waals surface area (Å²) in [6, 6.07) is 76.6. The number of fused-ring (bicyclic) bond motifs is 13. The monoisotopic (exact) mass is 803 g/mol. The van der Waals surface area contributed by atoms with E-state index in [0.717, 1.165) is 33.0 Å². The lowest BCUT2D eigenvalue weighted by molar-refractivity contribution is 0.661. The fraction of sp³-hybridized carbons (Fsp3) is 0.0500. The van der Waals surface area contributed by atoms with Gasteiger partial charge in [-0.05, 0) is 105 Å². The molecule has 3 nitrogen and oxygen atoms in total. The minimum absolute atomic E-state index is 0.172. The fourth-order valence-corrected chi connectivity index (χ4v) is 9.99. The van der Waals surface area contributed by atoms with Gasteiger partial charge in [-0.3, -0.25) is 0 Å². The van der Waals surface area contributed by atoms with Gasteiger partial charge in [-0.1, -0.05) is 208 Å². The van der Waals surface area contributed by atoms with E-state index in [1.54, 1.807) is 0 Å². The molecule has 0 bridgehead atoms. The van der Waals surface area contributed by atoms with Crippen molar-refractivity contribution in [2.75, 3.05) is 0 Å². The molecule has 11 aromatic rings. The number of hydrogen-bond donors (Lipinski definition) is 0. The largest absolute Gasteiger partial charge is 0.208 e. The molecule has 0 spiro atoms. The number of hydrogen-bond acceptors (Lipinski definition) is 3. The Labute approximate surface area is 366 Å². The van der Waals surface area contributed by atoms with Crippen LogP contribution in [0, 0.1) is 0 Å². The normalized spacial score (nSPS) is 12.7. The Kier molecular flexibility index (Phi) is 8.52. The van der Waals surface area contributed by atoms with Gasteiger partial charge in [0.25, 0.3) is 0 Å². The molecule has 0 saturated heterocycles. The van der Waals surface area contributed by atoms with Gasteiger partial charge >= 0.3 is 0 Å². The van der Waals surface area contributed by atoms with E-state index >= 15 is 0 Å². The van der Waals surface area contributed by atoms with Crippen molar-refractivity contribution >= 4 is 53.9 Å². The lowest BCUT2D eigenvalue weighted by Gasteiger charge is -2.22. The molecule has 0 radical (unpaired) electrons. The van der Waals surface area contributed by atoms with Crippen molar-refractivity contribution in [1.29, 1.82) is 0 Å². The van der Waals surface area contributed by atoms with Gasteiger partial charge < -0.3 is 0 Å². The second-order valence-corrected chi connectivity index (χ2v) is 17.1. The lowest BCUT2D eigenvalue weighted by Crippen LogP contribution is -2.14. The van der Waals surface area contributed by atoms with E-state index in [2.05, 4.69) is 202 Å². The Morgan fingerprint density at radius 2 is 0.619 bits per heavy atom. The zero-order valence-electron chi connectivity index (χ0n) is 35.0. The molecule has 3 heteroatoms. The van der Waals surface area contributed by atoms with Crippen molar-refractivity contribution < 1.29 is 0 Å². The van der Waals surface area contributed by atoms with Crippen molar-refractivity contribution in [2.45, 2.75) is 19.3 Å². The van der Waals surface area contributed by atoms with Gasteiger partial charge in [-0.25, -0.2) is 15.0 Å². The van der Waals surface area contributed by atoms with E-state index in [1.807, 2.05) is 24.3 Å². The Balaban J connectivity index is 1.21. The van der Waals surface area contributed by atoms with Gasteiger partial charge in [-0.15, -0.1) is 0 Å². The van der Waals surface area contributed by atoms with E-state index in [0.29, 0.717) is 17.5 Å². The average Bonchev–Trinajstić information content (AvgIpc) is 3.58. The molecule has 1 aliphatic carbocycles.